The van der Waals surface area contributed by atoms with E-state index in [1.807, 2.05) is 23.6 Å². The number of hydrogen-bond donors (Lipinski definition) is 1. The predicted molar refractivity (Wildman–Crippen MR) is 141 cm³/mol. The molecule has 0 spiro atoms. The molecule has 4 heterocycles. The Hall–Kier alpha value is -4.09. The van der Waals surface area contributed by atoms with E-state index in [2.05, 4.69) is 38.4 Å². The second-order valence-electron chi connectivity index (χ2n) is 9.15. The van der Waals surface area contributed by atoms with Gasteiger partial charge in [0.25, 0.3) is 5.56 Å². The molecule has 0 fully saturated rings. The smallest absolute Gasteiger partial charge is 0.252 e. The van der Waals surface area contributed by atoms with Crippen molar-refractivity contribution >= 4 is 22.2 Å². The van der Waals surface area contributed by atoms with Crippen molar-refractivity contribution in [2.24, 2.45) is 0 Å². The lowest BCUT2D eigenvalue weighted by molar-refractivity contribution is 0.163. The minimum Gasteiger partial charge on any atom is -0.454 e. The van der Waals surface area contributed by atoms with Gasteiger partial charge < -0.3 is 14.5 Å². The Kier molecular flexibility index (Phi) is 6.61. The van der Waals surface area contributed by atoms with E-state index in [9.17, 15) is 9.18 Å². The first kappa shape index (κ1) is 24.3. The van der Waals surface area contributed by atoms with Crippen LogP contribution in [0.5, 0.6) is 11.5 Å². The van der Waals surface area contributed by atoms with Gasteiger partial charge in [0.1, 0.15) is 5.82 Å². The highest BCUT2D eigenvalue weighted by Gasteiger charge is 2.27. The summed E-state index contributed by atoms with van der Waals surface area (Å²) in [6.07, 6.45) is 0.722. The summed E-state index contributed by atoms with van der Waals surface area (Å²) in [6, 6.07) is 15.8. The van der Waals surface area contributed by atoms with Gasteiger partial charge in [0.05, 0.1) is 18.1 Å². The van der Waals surface area contributed by atoms with Gasteiger partial charge in [0.15, 0.2) is 17.3 Å². The molecule has 0 amide bonds. The number of nitrogens with one attached hydrogen (secondary N) is 1. The molecule has 194 valence electrons. The quantitative estimate of drug-likeness (QED) is 0.295. The largest absolute Gasteiger partial charge is 0.454 e. The van der Waals surface area contributed by atoms with Crippen molar-refractivity contribution in [3.8, 4) is 11.5 Å². The van der Waals surface area contributed by atoms with E-state index >= 15 is 0 Å². The lowest BCUT2D eigenvalue weighted by atomic mass is 10.1. The van der Waals surface area contributed by atoms with Crippen LogP contribution in [0, 0.1) is 5.82 Å². The maximum absolute atomic E-state index is 13.4. The van der Waals surface area contributed by atoms with Crippen molar-refractivity contribution in [2.75, 3.05) is 6.79 Å². The van der Waals surface area contributed by atoms with Crippen LogP contribution in [0.15, 0.2) is 64.8 Å². The van der Waals surface area contributed by atoms with E-state index in [1.165, 1.54) is 17.0 Å². The van der Waals surface area contributed by atoms with Gasteiger partial charge in [-0.25, -0.2) is 9.07 Å². The van der Waals surface area contributed by atoms with Crippen molar-refractivity contribution < 1.29 is 13.9 Å². The van der Waals surface area contributed by atoms with E-state index in [1.54, 1.807) is 34.2 Å². The zero-order valence-corrected chi connectivity index (χ0v) is 21.4. The summed E-state index contributed by atoms with van der Waals surface area (Å²) in [7, 11) is 0. The molecule has 9 nitrogen and oxygen atoms in total. The lowest BCUT2D eigenvalue weighted by Crippen LogP contribution is -2.32. The third-order valence-electron chi connectivity index (χ3n) is 6.66. The molecule has 1 aliphatic rings. The van der Waals surface area contributed by atoms with Crippen LogP contribution >= 0.6 is 11.3 Å². The summed E-state index contributed by atoms with van der Waals surface area (Å²) in [6.45, 7) is 3.67. The summed E-state index contributed by atoms with van der Waals surface area (Å²) >= 11 is 1.66. The van der Waals surface area contributed by atoms with Crippen LogP contribution in [0.25, 0.3) is 10.9 Å². The predicted octanol–water partition coefficient (Wildman–Crippen LogP) is 4.65. The fraction of sp³-hybridized carbons (Fsp3) is 0.259. The maximum Gasteiger partial charge on any atom is 0.252 e. The zero-order valence-electron chi connectivity index (χ0n) is 20.6. The van der Waals surface area contributed by atoms with Gasteiger partial charge in [-0.2, -0.15) is 0 Å². The zero-order chi connectivity index (χ0) is 26.1. The van der Waals surface area contributed by atoms with Crippen molar-refractivity contribution in [1.82, 2.24) is 30.1 Å². The average molecular weight is 533 g/mol. The Balaban J connectivity index is 1.35. The summed E-state index contributed by atoms with van der Waals surface area (Å²) in [5.74, 6) is 1.69. The van der Waals surface area contributed by atoms with Crippen LogP contribution in [0.4, 0.5) is 4.39 Å². The molecule has 6 rings (SSSR count). The number of hydrogen-bond acceptors (Lipinski definition) is 8. The third kappa shape index (κ3) is 4.90. The molecule has 11 heteroatoms. The number of tetrazole rings is 1. The SMILES string of the molecule is CC[C@H](c1nnnn1Cc1ccc(F)cc1)N(Cc1cccs1)Cc1cc2cc3c(cc2[nH]c1=O)OCO3. The number of aromatic amines is 1. The highest BCUT2D eigenvalue weighted by Crippen LogP contribution is 2.35. The van der Waals surface area contributed by atoms with Gasteiger partial charge >= 0.3 is 0 Å². The second-order valence-corrected chi connectivity index (χ2v) is 10.2. The molecule has 3 aromatic heterocycles. The van der Waals surface area contributed by atoms with Gasteiger partial charge in [-0.15, -0.1) is 16.4 Å². The Bertz CT molecular complexity index is 1620. The van der Waals surface area contributed by atoms with Crippen molar-refractivity contribution in [3.63, 3.8) is 0 Å². The number of halogens is 1. The number of pyridine rings is 1. The molecule has 0 saturated heterocycles. The number of aromatic nitrogens is 5. The van der Waals surface area contributed by atoms with Crippen molar-refractivity contribution in [2.45, 2.75) is 39.0 Å². The van der Waals surface area contributed by atoms with E-state index in [4.69, 9.17) is 9.47 Å². The molecule has 0 saturated carbocycles. The lowest BCUT2D eigenvalue weighted by Gasteiger charge is -2.30. The number of thiophene rings is 1. The molecular weight excluding hydrogens is 507 g/mol. The first-order chi connectivity index (χ1) is 18.6. The molecule has 1 atom stereocenters. The molecule has 2 aromatic carbocycles. The highest BCUT2D eigenvalue weighted by molar-refractivity contribution is 7.09. The average Bonchev–Trinajstić information content (AvgIpc) is 3.68. The molecule has 5 aromatic rings. The highest BCUT2D eigenvalue weighted by atomic mass is 32.1. The topological polar surface area (TPSA) is 98.2 Å². The summed E-state index contributed by atoms with van der Waals surface area (Å²) in [5, 5.41) is 15.5. The minimum absolute atomic E-state index is 0.159. The fourth-order valence-corrected chi connectivity index (χ4v) is 5.52. The number of fused-ring (bicyclic) bond motifs is 2. The number of benzene rings is 2. The molecular formula is C27H25FN6O3S. The number of nitrogens with zero attached hydrogens (tertiary/aromatic N) is 5. The molecule has 1 aliphatic heterocycles. The summed E-state index contributed by atoms with van der Waals surface area (Å²) in [5.41, 5.74) is 2.06. The maximum atomic E-state index is 13.4. The van der Waals surface area contributed by atoms with Gasteiger partial charge in [-0.1, -0.05) is 25.1 Å². The number of H-pyrrole nitrogens is 1. The Morgan fingerprint density at radius 1 is 1.13 bits per heavy atom. The van der Waals surface area contributed by atoms with Crippen LogP contribution in [-0.2, 0) is 19.6 Å². The number of ether oxygens (including phenoxy) is 2. The van der Waals surface area contributed by atoms with Gasteiger partial charge in [0.2, 0.25) is 6.79 Å². The standard InChI is InChI=1S/C27H25FN6O3S/c1-2-23(26-30-31-32-34(26)13-17-5-7-20(28)8-6-17)33(15-21-4-3-9-38-21)14-19-10-18-11-24-25(37-16-36-24)12-22(18)29-27(19)35/h3-12,23H,2,13-16H2,1H3,(H,29,35)/t23-/m1/s1. The minimum atomic E-state index is -0.288. The third-order valence-corrected chi connectivity index (χ3v) is 7.52. The number of rotatable bonds is 9. The van der Waals surface area contributed by atoms with Crippen molar-refractivity contribution in [1.29, 1.82) is 0 Å². The summed E-state index contributed by atoms with van der Waals surface area (Å²) in [4.78, 5) is 19.6. The van der Waals surface area contributed by atoms with E-state index < -0.39 is 0 Å². The van der Waals surface area contributed by atoms with Gasteiger partial charge in [-0.05, 0) is 58.1 Å². The van der Waals surface area contributed by atoms with E-state index in [0.717, 1.165) is 17.4 Å². The Labute approximate surface area is 221 Å². The van der Waals surface area contributed by atoms with Gasteiger partial charge in [-0.3, -0.25) is 9.69 Å². The van der Waals surface area contributed by atoms with Crippen LogP contribution in [0.1, 0.15) is 41.2 Å². The first-order valence-corrected chi connectivity index (χ1v) is 13.2. The second kappa shape index (κ2) is 10.3. The molecule has 0 radical (unpaired) electrons. The molecule has 1 N–H and O–H groups in total. The molecule has 38 heavy (non-hydrogen) atoms. The summed E-state index contributed by atoms with van der Waals surface area (Å²) < 4.78 is 26.2. The van der Waals surface area contributed by atoms with E-state index in [-0.39, 0.29) is 24.2 Å². The van der Waals surface area contributed by atoms with E-state index in [0.29, 0.717) is 48.0 Å². The normalized spacial score (nSPS) is 13.4. The molecule has 0 unspecified atom stereocenters. The Morgan fingerprint density at radius 2 is 1.95 bits per heavy atom. The first-order valence-electron chi connectivity index (χ1n) is 12.3. The molecule has 0 aliphatic carbocycles. The van der Waals surface area contributed by atoms with Crippen molar-refractivity contribution in [3.05, 3.63) is 98.0 Å². The van der Waals surface area contributed by atoms with Crippen LogP contribution in [0.2, 0.25) is 0 Å². The van der Waals surface area contributed by atoms with Gasteiger partial charge in [0, 0.05) is 35.0 Å². The van der Waals surface area contributed by atoms with Crippen LogP contribution < -0.4 is 15.0 Å². The molecule has 0 bridgehead atoms. The Morgan fingerprint density at radius 3 is 2.71 bits per heavy atom. The van der Waals surface area contributed by atoms with Crippen LogP contribution in [-0.4, -0.2) is 36.9 Å². The van der Waals surface area contributed by atoms with Crippen LogP contribution in [0.3, 0.4) is 0 Å². The monoisotopic (exact) mass is 532 g/mol. The fourth-order valence-electron chi connectivity index (χ4n) is 4.79.